The fourth-order valence-corrected chi connectivity index (χ4v) is 1.38. The first kappa shape index (κ1) is 8.89. The summed E-state index contributed by atoms with van der Waals surface area (Å²) >= 11 is 0. The Bertz CT molecular complexity index is 390. The number of H-pyrrole nitrogens is 1. The van der Waals surface area contributed by atoms with Crippen LogP contribution in [0.5, 0.6) is 0 Å². The summed E-state index contributed by atoms with van der Waals surface area (Å²) in [5.41, 5.74) is 1.77. The lowest BCUT2D eigenvalue weighted by molar-refractivity contribution is 0.651. The van der Waals surface area contributed by atoms with Gasteiger partial charge in [0, 0.05) is 13.2 Å². The Labute approximate surface area is 81.4 Å². The molecule has 0 aliphatic heterocycles. The molecule has 0 aromatic carbocycles. The normalized spacial score (nSPS) is 13.0. The largest absolute Gasteiger partial charge is 0.340 e. The number of aromatic nitrogens is 5. The van der Waals surface area contributed by atoms with Crippen molar-refractivity contribution in [1.29, 1.82) is 0 Å². The molecule has 14 heavy (non-hydrogen) atoms. The molecule has 0 saturated heterocycles. The van der Waals surface area contributed by atoms with Gasteiger partial charge in [-0.05, 0) is 7.05 Å². The van der Waals surface area contributed by atoms with E-state index in [1.807, 2.05) is 24.9 Å². The second kappa shape index (κ2) is 3.59. The van der Waals surface area contributed by atoms with E-state index in [9.17, 15) is 0 Å². The molecule has 0 spiro atoms. The maximum Gasteiger partial charge on any atom is 0.106 e. The average molecular weight is 192 g/mol. The molecule has 2 heterocycles. The second-order valence-electron chi connectivity index (χ2n) is 3.08. The van der Waals surface area contributed by atoms with E-state index in [1.54, 1.807) is 12.5 Å². The highest BCUT2D eigenvalue weighted by Gasteiger charge is 2.16. The summed E-state index contributed by atoms with van der Waals surface area (Å²) in [4.78, 5) is 4.26. The molecule has 0 bridgehead atoms. The molecule has 1 unspecified atom stereocenters. The minimum absolute atomic E-state index is 0.00468. The first-order valence-corrected chi connectivity index (χ1v) is 4.32. The van der Waals surface area contributed by atoms with Crippen molar-refractivity contribution in [2.24, 2.45) is 7.05 Å². The monoisotopic (exact) mass is 192 g/mol. The molecule has 2 rings (SSSR count). The summed E-state index contributed by atoms with van der Waals surface area (Å²) in [6.07, 6.45) is 5.41. The average Bonchev–Trinajstić information content (AvgIpc) is 2.79. The zero-order valence-corrected chi connectivity index (χ0v) is 8.10. The van der Waals surface area contributed by atoms with E-state index >= 15 is 0 Å². The SMILES string of the molecule is CNC(c1cn(C)cn1)c1cn[nH]n1. The molecular weight excluding hydrogens is 180 g/mol. The van der Waals surface area contributed by atoms with E-state index in [2.05, 4.69) is 25.7 Å². The van der Waals surface area contributed by atoms with Gasteiger partial charge in [0.05, 0.1) is 24.3 Å². The number of aryl methyl sites for hydroxylation is 1. The van der Waals surface area contributed by atoms with Crippen LogP contribution in [0.1, 0.15) is 17.4 Å². The number of nitrogens with one attached hydrogen (secondary N) is 2. The van der Waals surface area contributed by atoms with Gasteiger partial charge in [-0.2, -0.15) is 15.4 Å². The molecule has 74 valence electrons. The molecule has 2 aromatic rings. The van der Waals surface area contributed by atoms with Crippen LogP contribution in [0.25, 0.3) is 0 Å². The van der Waals surface area contributed by atoms with Crippen LogP contribution in [0.15, 0.2) is 18.7 Å². The third kappa shape index (κ3) is 1.51. The van der Waals surface area contributed by atoms with Crippen LogP contribution < -0.4 is 5.32 Å². The molecule has 6 nitrogen and oxygen atoms in total. The van der Waals surface area contributed by atoms with Crippen molar-refractivity contribution in [3.63, 3.8) is 0 Å². The number of aromatic amines is 1. The Morgan fingerprint density at radius 1 is 1.50 bits per heavy atom. The Kier molecular flexibility index (Phi) is 2.28. The Morgan fingerprint density at radius 2 is 2.36 bits per heavy atom. The Hall–Kier alpha value is -1.69. The maximum atomic E-state index is 4.26. The summed E-state index contributed by atoms with van der Waals surface area (Å²) in [5, 5.41) is 13.5. The van der Waals surface area contributed by atoms with Crippen molar-refractivity contribution in [2.45, 2.75) is 6.04 Å². The highest BCUT2D eigenvalue weighted by Crippen LogP contribution is 2.16. The predicted molar refractivity (Wildman–Crippen MR) is 50.5 cm³/mol. The molecule has 1 atom stereocenters. The minimum Gasteiger partial charge on any atom is -0.340 e. The summed E-state index contributed by atoms with van der Waals surface area (Å²) in [6.45, 7) is 0. The number of rotatable bonds is 3. The van der Waals surface area contributed by atoms with Crippen LogP contribution >= 0.6 is 0 Å². The lowest BCUT2D eigenvalue weighted by Crippen LogP contribution is -2.18. The first-order valence-electron chi connectivity index (χ1n) is 4.32. The first-order chi connectivity index (χ1) is 6.81. The van der Waals surface area contributed by atoms with E-state index in [4.69, 9.17) is 0 Å². The molecule has 2 aromatic heterocycles. The molecule has 6 heteroatoms. The maximum absolute atomic E-state index is 4.26. The number of hydrogen-bond acceptors (Lipinski definition) is 4. The van der Waals surface area contributed by atoms with Gasteiger partial charge in [0.25, 0.3) is 0 Å². The Balaban J connectivity index is 2.31. The Morgan fingerprint density at radius 3 is 2.86 bits per heavy atom. The highest BCUT2D eigenvalue weighted by molar-refractivity contribution is 5.16. The number of nitrogens with zero attached hydrogens (tertiary/aromatic N) is 4. The third-order valence-corrected chi connectivity index (χ3v) is 2.04. The molecule has 0 fully saturated rings. The molecule has 0 amide bonds. The van der Waals surface area contributed by atoms with Crippen molar-refractivity contribution < 1.29 is 0 Å². The zero-order chi connectivity index (χ0) is 9.97. The summed E-state index contributed by atoms with van der Waals surface area (Å²) in [5.74, 6) is 0. The van der Waals surface area contributed by atoms with E-state index in [-0.39, 0.29) is 6.04 Å². The van der Waals surface area contributed by atoms with Crippen LogP contribution in [0.4, 0.5) is 0 Å². The van der Waals surface area contributed by atoms with Crippen LogP contribution in [-0.4, -0.2) is 32.0 Å². The lowest BCUT2D eigenvalue weighted by atomic mass is 10.2. The van der Waals surface area contributed by atoms with Crippen molar-refractivity contribution in [3.8, 4) is 0 Å². The zero-order valence-electron chi connectivity index (χ0n) is 8.10. The van der Waals surface area contributed by atoms with E-state index in [0.717, 1.165) is 11.4 Å². The van der Waals surface area contributed by atoms with E-state index in [0.29, 0.717) is 0 Å². The van der Waals surface area contributed by atoms with E-state index < -0.39 is 0 Å². The minimum atomic E-state index is -0.00468. The van der Waals surface area contributed by atoms with Gasteiger partial charge < -0.3 is 9.88 Å². The highest BCUT2D eigenvalue weighted by atomic mass is 15.3. The van der Waals surface area contributed by atoms with Gasteiger partial charge in [0.15, 0.2) is 0 Å². The third-order valence-electron chi connectivity index (χ3n) is 2.04. The van der Waals surface area contributed by atoms with Crippen molar-refractivity contribution in [2.75, 3.05) is 7.05 Å². The second-order valence-corrected chi connectivity index (χ2v) is 3.08. The standard InChI is InChI=1S/C8H12N6/c1-9-8(6-3-11-13-12-6)7-4-14(2)5-10-7/h3-5,8-9H,1-2H3,(H,11,12,13). The van der Waals surface area contributed by atoms with Crippen LogP contribution in [0, 0.1) is 0 Å². The molecule has 0 saturated carbocycles. The lowest BCUT2D eigenvalue weighted by Gasteiger charge is -2.09. The van der Waals surface area contributed by atoms with E-state index in [1.165, 1.54) is 0 Å². The molecule has 0 aliphatic carbocycles. The van der Waals surface area contributed by atoms with Crippen LogP contribution in [-0.2, 0) is 7.05 Å². The van der Waals surface area contributed by atoms with Gasteiger partial charge in [-0.1, -0.05) is 0 Å². The van der Waals surface area contributed by atoms with Crippen LogP contribution in [0.2, 0.25) is 0 Å². The summed E-state index contributed by atoms with van der Waals surface area (Å²) < 4.78 is 1.90. The predicted octanol–water partition coefficient (Wildman–Crippen LogP) is -0.153. The van der Waals surface area contributed by atoms with Crippen molar-refractivity contribution in [1.82, 2.24) is 30.3 Å². The number of hydrogen-bond donors (Lipinski definition) is 2. The smallest absolute Gasteiger partial charge is 0.106 e. The van der Waals surface area contributed by atoms with Crippen molar-refractivity contribution >= 4 is 0 Å². The van der Waals surface area contributed by atoms with Gasteiger partial charge >= 0.3 is 0 Å². The quantitative estimate of drug-likeness (QED) is 0.709. The topological polar surface area (TPSA) is 71.4 Å². The van der Waals surface area contributed by atoms with Gasteiger partial charge in [0.1, 0.15) is 5.69 Å². The van der Waals surface area contributed by atoms with Gasteiger partial charge in [-0.15, -0.1) is 0 Å². The van der Waals surface area contributed by atoms with Crippen molar-refractivity contribution in [3.05, 3.63) is 30.1 Å². The number of imidazole rings is 1. The fraction of sp³-hybridized carbons (Fsp3) is 0.375. The molecule has 0 radical (unpaired) electrons. The van der Waals surface area contributed by atoms with Gasteiger partial charge in [-0.3, -0.25) is 0 Å². The fourth-order valence-electron chi connectivity index (χ4n) is 1.38. The molecule has 0 aliphatic rings. The van der Waals surface area contributed by atoms with Gasteiger partial charge in [-0.25, -0.2) is 4.98 Å². The summed E-state index contributed by atoms with van der Waals surface area (Å²) in [6, 6.07) is -0.00468. The molecule has 2 N–H and O–H groups in total. The van der Waals surface area contributed by atoms with Crippen LogP contribution in [0.3, 0.4) is 0 Å². The van der Waals surface area contributed by atoms with Gasteiger partial charge in [0.2, 0.25) is 0 Å². The summed E-state index contributed by atoms with van der Waals surface area (Å²) in [7, 11) is 3.81. The molecular formula is C8H12N6.